The molecule has 0 aliphatic heterocycles. The minimum absolute atomic E-state index is 0.0187. The second-order valence-corrected chi connectivity index (χ2v) is 5.23. The van der Waals surface area contributed by atoms with E-state index in [0.717, 1.165) is 17.5 Å². The first-order valence-electron chi connectivity index (χ1n) is 7.14. The highest BCUT2D eigenvalue weighted by molar-refractivity contribution is 5.94. The number of aryl methyl sites for hydroxylation is 1. The smallest absolute Gasteiger partial charge is 0.251 e. The van der Waals surface area contributed by atoms with E-state index in [0.29, 0.717) is 12.1 Å². The van der Waals surface area contributed by atoms with Crippen molar-refractivity contribution in [1.82, 2.24) is 10.3 Å². The van der Waals surface area contributed by atoms with E-state index in [9.17, 15) is 4.79 Å². The van der Waals surface area contributed by atoms with Gasteiger partial charge in [-0.25, -0.2) is 0 Å². The van der Waals surface area contributed by atoms with Crippen molar-refractivity contribution in [1.29, 1.82) is 0 Å². The van der Waals surface area contributed by atoms with E-state index in [1.54, 1.807) is 0 Å². The molecular formula is C18H18N2O. The highest BCUT2D eigenvalue weighted by atomic mass is 16.1. The Balaban J connectivity index is 1.61. The number of para-hydroxylation sites is 1. The summed E-state index contributed by atoms with van der Waals surface area (Å²) in [6.07, 6.45) is 2.84. The predicted molar refractivity (Wildman–Crippen MR) is 85.5 cm³/mol. The number of aromatic amines is 1. The number of carbonyl (C=O) groups excluding carboxylic acids is 1. The molecule has 1 aromatic heterocycles. The van der Waals surface area contributed by atoms with Gasteiger partial charge in [0.25, 0.3) is 5.91 Å². The summed E-state index contributed by atoms with van der Waals surface area (Å²) in [7, 11) is 0. The highest BCUT2D eigenvalue weighted by Gasteiger charge is 2.06. The molecule has 3 rings (SSSR count). The van der Waals surface area contributed by atoms with Gasteiger partial charge in [0, 0.05) is 29.2 Å². The SMILES string of the molecule is Cc1ccc(C(=O)NCCc2c[nH]c3ccccc23)cc1. The molecule has 106 valence electrons. The third-order valence-corrected chi connectivity index (χ3v) is 3.67. The highest BCUT2D eigenvalue weighted by Crippen LogP contribution is 2.17. The molecule has 0 fully saturated rings. The summed E-state index contributed by atoms with van der Waals surface area (Å²) in [4.78, 5) is 15.3. The average Bonchev–Trinajstić information content (AvgIpc) is 2.91. The van der Waals surface area contributed by atoms with Gasteiger partial charge in [-0.05, 0) is 37.1 Å². The fraction of sp³-hybridized carbons (Fsp3) is 0.167. The van der Waals surface area contributed by atoms with E-state index in [2.05, 4.69) is 22.4 Å². The van der Waals surface area contributed by atoms with Crippen molar-refractivity contribution in [3.8, 4) is 0 Å². The molecule has 3 heteroatoms. The standard InChI is InChI=1S/C18H18N2O/c1-13-6-8-14(9-7-13)18(21)19-11-10-15-12-20-17-5-3-2-4-16(15)17/h2-9,12,20H,10-11H2,1H3,(H,19,21). The molecule has 0 saturated heterocycles. The first-order valence-corrected chi connectivity index (χ1v) is 7.14. The molecule has 0 bridgehead atoms. The summed E-state index contributed by atoms with van der Waals surface area (Å²) in [5, 5.41) is 4.19. The number of carbonyl (C=O) groups is 1. The van der Waals surface area contributed by atoms with Crippen LogP contribution in [-0.4, -0.2) is 17.4 Å². The van der Waals surface area contributed by atoms with Crippen LogP contribution in [0.1, 0.15) is 21.5 Å². The topological polar surface area (TPSA) is 44.9 Å². The number of H-pyrrole nitrogens is 1. The van der Waals surface area contributed by atoms with Gasteiger partial charge in [0.1, 0.15) is 0 Å². The van der Waals surface area contributed by atoms with E-state index in [4.69, 9.17) is 0 Å². The number of amides is 1. The normalized spacial score (nSPS) is 10.7. The lowest BCUT2D eigenvalue weighted by atomic mass is 10.1. The summed E-state index contributed by atoms with van der Waals surface area (Å²) >= 11 is 0. The molecule has 2 N–H and O–H groups in total. The van der Waals surface area contributed by atoms with Gasteiger partial charge in [-0.2, -0.15) is 0 Å². The van der Waals surface area contributed by atoms with E-state index in [1.807, 2.05) is 49.5 Å². The zero-order valence-corrected chi connectivity index (χ0v) is 12.0. The number of hydrogen-bond acceptors (Lipinski definition) is 1. The number of aromatic nitrogens is 1. The average molecular weight is 278 g/mol. The second kappa shape index (κ2) is 5.83. The molecule has 0 spiro atoms. The molecular weight excluding hydrogens is 260 g/mol. The van der Waals surface area contributed by atoms with E-state index < -0.39 is 0 Å². The molecule has 0 saturated carbocycles. The third-order valence-electron chi connectivity index (χ3n) is 3.67. The Labute approximate surface area is 124 Å². The summed E-state index contributed by atoms with van der Waals surface area (Å²) in [6.45, 7) is 2.65. The van der Waals surface area contributed by atoms with Crippen molar-refractivity contribution in [2.24, 2.45) is 0 Å². The van der Waals surface area contributed by atoms with Crippen molar-refractivity contribution < 1.29 is 4.79 Å². The van der Waals surface area contributed by atoms with Crippen LogP contribution < -0.4 is 5.32 Å². The fourth-order valence-electron chi connectivity index (χ4n) is 2.46. The molecule has 0 radical (unpaired) electrons. The van der Waals surface area contributed by atoms with Gasteiger partial charge < -0.3 is 10.3 Å². The number of nitrogens with one attached hydrogen (secondary N) is 2. The van der Waals surface area contributed by atoms with Gasteiger partial charge in [-0.3, -0.25) is 4.79 Å². The lowest BCUT2D eigenvalue weighted by molar-refractivity contribution is 0.0954. The summed E-state index contributed by atoms with van der Waals surface area (Å²) in [5.74, 6) is -0.0187. The number of fused-ring (bicyclic) bond motifs is 1. The van der Waals surface area contributed by atoms with Crippen molar-refractivity contribution in [3.63, 3.8) is 0 Å². The maximum absolute atomic E-state index is 12.0. The fourth-order valence-corrected chi connectivity index (χ4v) is 2.46. The maximum atomic E-state index is 12.0. The maximum Gasteiger partial charge on any atom is 0.251 e. The zero-order valence-electron chi connectivity index (χ0n) is 12.0. The Morgan fingerprint density at radius 3 is 2.67 bits per heavy atom. The minimum atomic E-state index is -0.0187. The first-order chi connectivity index (χ1) is 10.2. The molecule has 0 atom stereocenters. The van der Waals surface area contributed by atoms with Gasteiger partial charge in [0.05, 0.1) is 0 Å². The van der Waals surface area contributed by atoms with Gasteiger partial charge in [-0.1, -0.05) is 35.9 Å². The van der Waals surface area contributed by atoms with Crippen LogP contribution in [-0.2, 0) is 6.42 Å². The summed E-state index contributed by atoms with van der Waals surface area (Å²) in [6, 6.07) is 15.8. The molecule has 2 aromatic carbocycles. The van der Waals surface area contributed by atoms with E-state index in [-0.39, 0.29) is 5.91 Å². The van der Waals surface area contributed by atoms with Crippen molar-refractivity contribution in [2.75, 3.05) is 6.54 Å². The van der Waals surface area contributed by atoms with Crippen molar-refractivity contribution in [2.45, 2.75) is 13.3 Å². The Morgan fingerprint density at radius 1 is 1.10 bits per heavy atom. The Bertz CT molecular complexity index is 756. The second-order valence-electron chi connectivity index (χ2n) is 5.23. The molecule has 3 nitrogen and oxygen atoms in total. The summed E-state index contributed by atoms with van der Waals surface area (Å²) < 4.78 is 0. The van der Waals surface area contributed by atoms with Crippen molar-refractivity contribution >= 4 is 16.8 Å². The third kappa shape index (κ3) is 2.97. The van der Waals surface area contributed by atoms with Gasteiger partial charge in [-0.15, -0.1) is 0 Å². The molecule has 1 heterocycles. The van der Waals surface area contributed by atoms with Crippen molar-refractivity contribution in [3.05, 3.63) is 71.4 Å². The van der Waals surface area contributed by atoms with Crippen LogP contribution in [0.2, 0.25) is 0 Å². The molecule has 21 heavy (non-hydrogen) atoms. The lowest BCUT2D eigenvalue weighted by Gasteiger charge is -2.05. The van der Waals surface area contributed by atoms with Crippen LogP contribution in [0.15, 0.2) is 54.7 Å². The van der Waals surface area contributed by atoms with Gasteiger partial charge in [0.15, 0.2) is 0 Å². The van der Waals surface area contributed by atoms with Crippen LogP contribution in [0.4, 0.5) is 0 Å². The monoisotopic (exact) mass is 278 g/mol. The first kappa shape index (κ1) is 13.4. The molecule has 3 aromatic rings. The van der Waals surface area contributed by atoms with Crippen LogP contribution in [0.5, 0.6) is 0 Å². The van der Waals surface area contributed by atoms with Crippen LogP contribution >= 0.6 is 0 Å². The molecule has 0 unspecified atom stereocenters. The van der Waals surface area contributed by atoms with Gasteiger partial charge in [0.2, 0.25) is 0 Å². The Morgan fingerprint density at radius 2 is 1.86 bits per heavy atom. The van der Waals surface area contributed by atoms with Gasteiger partial charge >= 0.3 is 0 Å². The lowest BCUT2D eigenvalue weighted by Crippen LogP contribution is -2.25. The molecule has 1 amide bonds. The van der Waals surface area contributed by atoms with Crippen LogP contribution in [0, 0.1) is 6.92 Å². The largest absolute Gasteiger partial charge is 0.361 e. The molecule has 0 aliphatic carbocycles. The Kier molecular flexibility index (Phi) is 3.73. The van der Waals surface area contributed by atoms with Crippen LogP contribution in [0.3, 0.4) is 0 Å². The zero-order chi connectivity index (χ0) is 14.7. The quantitative estimate of drug-likeness (QED) is 0.754. The number of hydrogen-bond donors (Lipinski definition) is 2. The van der Waals surface area contributed by atoms with E-state index >= 15 is 0 Å². The Hall–Kier alpha value is -2.55. The number of benzene rings is 2. The molecule has 0 aliphatic rings. The van der Waals surface area contributed by atoms with Crippen LogP contribution in [0.25, 0.3) is 10.9 Å². The number of rotatable bonds is 4. The van der Waals surface area contributed by atoms with E-state index in [1.165, 1.54) is 10.9 Å². The predicted octanol–water partition coefficient (Wildman–Crippen LogP) is 3.45. The minimum Gasteiger partial charge on any atom is -0.361 e. The summed E-state index contributed by atoms with van der Waals surface area (Å²) in [5.41, 5.74) is 4.23.